The van der Waals surface area contributed by atoms with E-state index in [0.717, 1.165) is 22.3 Å². The number of aliphatic hydroxyl groups is 1. The standard InChI is InChI=1S/C15H17BrN2O/c1-18(14-7-3-2-6-13(14)16)10-8-15(19)12-5-4-9-17-11-12/h2-7,9,11,15,19H,8,10H2,1H3. The highest BCUT2D eigenvalue weighted by atomic mass is 79.9. The molecule has 0 saturated carbocycles. The number of aliphatic hydroxyl groups excluding tert-OH is 1. The van der Waals surface area contributed by atoms with Gasteiger partial charge in [0.25, 0.3) is 0 Å². The molecule has 1 aromatic heterocycles. The maximum atomic E-state index is 10.1. The molecular weight excluding hydrogens is 304 g/mol. The third-order valence-electron chi connectivity index (χ3n) is 3.07. The summed E-state index contributed by atoms with van der Waals surface area (Å²) in [6.07, 6.45) is 3.62. The van der Waals surface area contributed by atoms with E-state index in [-0.39, 0.29) is 0 Å². The molecule has 1 unspecified atom stereocenters. The van der Waals surface area contributed by atoms with E-state index in [1.165, 1.54) is 0 Å². The van der Waals surface area contributed by atoms with Crippen molar-refractivity contribution in [2.75, 3.05) is 18.5 Å². The van der Waals surface area contributed by atoms with Gasteiger partial charge in [0, 0.05) is 30.5 Å². The smallest absolute Gasteiger partial charge is 0.0821 e. The quantitative estimate of drug-likeness (QED) is 0.917. The fourth-order valence-corrected chi connectivity index (χ4v) is 2.52. The van der Waals surface area contributed by atoms with Gasteiger partial charge in [-0.3, -0.25) is 4.98 Å². The van der Waals surface area contributed by atoms with Crippen molar-refractivity contribution in [2.45, 2.75) is 12.5 Å². The Morgan fingerprint density at radius 3 is 2.74 bits per heavy atom. The molecule has 4 heteroatoms. The molecule has 0 spiro atoms. The Hall–Kier alpha value is -1.39. The zero-order valence-electron chi connectivity index (χ0n) is 10.8. The molecule has 1 aromatic carbocycles. The normalized spacial score (nSPS) is 12.2. The summed E-state index contributed by atoms with van der Waals surface area (Å²) >= 11 is 3.53. The van der Waals surface area contributed by atoms with Crippen LogP contribution in [0.1, 0.15) is 18.1 Å². The summed E-state index contributed by atoms with van der Waals surface area (Å²) < 4.78 is 1.06. The van der Waals surface area contributed by atoms with Crippen molar-refractivity contribution in [3.63, 3.8) is 0 Å². The Labute approximate surface area is 122 Å². The molecule has 1 N–H and O–H groups in total. The number of rotatable bonds is 5. The maximum absolute atomic E-state index is 10.1. The van der Waals surface area contributed by atoms with E-state index in [9.17, 15) is 5.11 Å². The zero-order chi connectivity index (χ0) is 13.7. The lowest BCUT2D eigenvalue weighted by Gasteiger charge is -2.22. The number of benzene rings is 1. The van der Waals surface area contributed by atoms with Crippen LogP contribution in [0.4, 0.5) is 5.69 Å². The molecule has 0 bridgehead atoms. The summed E-state index contributed by atoms with van der Waals surface area (Å²) in [5.41, 5.74) is 1.99. The van der Waals surface area contributed by atoms with Gasteiger partial charge < -0.3 is 10.0 Å². The predicted octanol–water partition coefficient (Wildman–Crippen LogP) is 3.40. The van der Waals surface area contributed by atoms with Crippen LogP contribution in [0.5, 0.6) is 0 Å². The lowest BCUT2D eigenvalue weighted by molar-refractivity contribution is 0.169. The van der Waals surface area contributed by atoms with E-state index in [2.05, 4.69) is 31.9 Å². The van der Waals surface area contributed by atoms with E-state index in [0.29, 0.717) is 6.42 Å². The fraction of sp³-hybridized carbons (Fsp3) is 0.267. The first-order valence-corrected chi connectivity index (χ1v) is 7.01. The van der Waals surface area contributed by atoms with Crippen molar-refractivity contribution < 1.29 is 5.11 Å². The predicted molar refractivity (Wildman–Crippen MR) is 81.2 cm³/mol. The summed E-state index contributed by atoms with van der Waals surface area (Å²) in [6, 6.07) is 11.8. The SMILES string of the molecule is CN(CCC(O)c1cccnc1)c1ccccc1Br. The van der Waals surface area contributed by atoms with Gasteiger partial charge in [-0.05, 0) is 46.1 Å². The first-order chi connectivity index (χ1) is 9.18. The van der Waals surface area contributed by atoms with Gasteiger partial charge in [0.2, 0.25) is 0 Å². The Balaban J connectivity index is 1.94. The maximum Gasteiger partial charge on any atom is 0.0821 e. The van der Waals surface area contributed by atoms with Gasteiger partial charge >= 0.3 is 0 Å². The van der Waals surface area contributed by atoms with Crippen molar-refractivity contribution in [2.24, 2.45) is 0 Å². The van der Waals surface area contributed by atoms with Crippen LogP contribution >= 0.6 is 15.9 Å². The van der Waals surface area contributed by atoms with Crippen molar-refractivity contribution in [1.82, 2.24) is 4.98 Å². The molecule has 2 aromatic rings. The molecule has 0 radical (unpaired) electrons. The molecule has 3 nitrogen and oxygen atoms in total. The minimum Gasteiger partial charge on any atom is -0.388 e. The summed E-state index contributed by atoms with van der Waals surface area (Å²) in [7, 11) is 2.02. The number of aromatic nitrogens is 1. The second-order valence-corrected chi connectivity index (χ2v) is 5.32. The highest BCUT2D eigenvalue weighted by molar-refractivity contribution is 9.10. The molecule has 100 valence electrons. The second kappa shape index (κ2) is 6.68. The van der Waals surface area contributed by atoms with E-state index in [4.69, 9.17) is 0 Å². The summed E-state index contributed by atoms with van der Waals surface area (Å²) in [6.45, 7) is 0.776. The number of pyridine rings is 1. The Bertz CT molecular complexity index is 519. The topological polar surface area (TPSA) is 36.4 Å². The molecule has 0 amide bonds. The molecule has 0 aliphatic carbocycles. The first-order valence-electron chi connectivity index (χ1n) is 6.22. The zero-order valence-corrected chi connectivity index (χ0v) is 12.4. The Morgan fingerprint density at radius 1 is 1.26 bits per heavy atom. The van der Waals surface area contributed by atoms with Crippen LogP contribution in [-0.2, 0) is 0 Å². The Kier molecular flexibility index (Phi) is 4.93. The number of para-hydroxylation sites is 1. The van der Waals surface area contributed by atoms with Crippen LogP contribution in [0.2, 0.25) is 0 Å². The van der Waals surface area contributed by atoms with E-state index in [1.807, 2.05) is 37.4 Å². The van der Waals surface area contributed by atoms with Gasteiger partial charge in [0.1, 0.15) is 0 Å². The molecule has 1 heterocycles. The molecule has 0 aliphatic rings. The van der Waals surface area contributed by atoms with Gasteiger partial charge in [-0.2, -0.15) is 0 Å². The van der Waals surface area contributed by atoms with Crippen LogP contribution in [0.25, 0.3) is 0 Å². The third-order valence-corrected chi connectivity index (χ3v) is 3.74. The van der Waals surface area contributed by atoms with Crippen molar-refractivity contribution in [3.8, 4) is 0 Å². The molecular formula is C15H17BrN2O. The molecule has 19 heavy (non-hydrogen) atoms. The number of hydrogen-bond acceptors (Lipinski definition) is 3. The van der Waals surface area contributed by atoms with Gasteiger partial charge in [0.15, 0.2) is 0 Å². The summed E-state index contributed by atoms with van der Waals surface area (Å²) in [5, 5.41) is 10.1. The molecule has 1 atom stereocenters. The van der Waals surface area contributed by atoms with Gasteiger partial charge in [-0.1, -0.05) is 18.2 Å². The minimum atomic E-state index is -0.473. The number of nitrogens with zero attached hydrogens (tertiary/aromatic N) is 2. The third kappa shape index (κ3) is 3.78. The van der Waals surface area contributed by atoms with Gasteiger partial charge in [-0.25, -0.2) is 0 Å². The number of anilines is 1. The van der Waals surface area contributed by atoms with Crippen molar-refractivity contribution >= 4 is 21.6 Å². The molecule has 0 aliphatic heterocycles. The monoisotopic (exact) mass is 320 g/mol. The van der Waals surface area contributed by atoms with Crippen molar-refractivity contribution in [1.29, 1.82) is 0 Å². The number of halogens is 1. The van der Waals surface area contributed by atoms with Crippen LogP contribution < -0.4 is 4.90 Å². The average Bonchev–Trinajstić information content (AvgIpc) is 2.46. The first kappa shape index (κ1) is 14.0. The van der Waals surface area contributed by atoms with Crippen molar-refractivity contribution in [3.05, 3.63) is 58.8 Å². The van der Waals surface area contributed by atoms with Crippen LogP contribution in [0, 0.1) is 0 Å². The highest BCUT2D eigenvalue weighted by Crippen LogP contribution is 2.25. The molecule has 2 rings (SSSR count). The second-order valence-electron chi connectivity index (χ2n) is 4.46. The van der Waals surface area contributed by atoms with Crippen LogP contribution in [-0.4, -0.2) is 23.7 Å². The van der Waals surface area contributed by atoms with Crippen LogP contribution in [0.15, 0.2) is 53.3 Å². The summed E-state index contributed by atoms with van der Waals surface area (Å²) in [4.78, 5) is 6.15. The van der Waals surface area contributed by atoms with Gasteiger partial charge in [0.05, 0.1) is 11.8 Å². The fourth-order valence-electron chi connectivity index (χ4n) is 1.94. The average molecular weight is 321 g/mol. The molecule has 0 fully saturated rings. The Morgan fingerprint density at radius 2 is 2.05 bits per heavy atom. The highest BCUT2D eigenvalue weighted by Gasteiger charge is 2.10. The lowest BCUT2D eigenvalue weighted by atomic mass is 10.1. The molecule has 0 saturated heterocycles. The lowest BCUT2D eigenvalue weighted by Crippen LogP contribution is -2.20. The minimum absolute atomic E-state index is 0.473. The van der Waals surface area contributed by atoms with E-state index < -0.39 is 6.10 Å². The van der Waals surface area contributed by atoms with Gasteiger partial charge in [-0.15, -0.1) is 0 Å². The summed E-state index contributed by atoms with van der Waals surface area (Å²) in [5.74, 6) is 0. The van der Waals surface area contributed by atoms with E-state index in [1.54, 1.807) is 12.4 Å². The van der Waals surface area contributed by atoms with E-state index >= 15 is 0 Å². The van der Waals surface area contributed by atoms with Crippen LogP contribution in [0.3, 0.4) is 0 Å². The largest absolute Gasteiger partial charge is 0.388 e. The number of hydrogen-bond donors (Lipinski definition) is 1.